The number of hydrogen-bond donors (Lipinski definition) is 0. The van der Waals surface area contributed by atoms with Gasteiger partial charge in [0, 0.05) is 0 Å². The van der Waals surface area contributed by atoms with Gasteiger partial charge in [-0.15, -0.1) is 0 Å². The van der Waals surface area contributed by atoms with Gasteiger partial charge in [-0.1, -0.05) is 68.2 Å². The highest BCUT2D eigenvalue weighted by Gasteiger charge is 2.36. The van der Waals surface area contributed by atoms with Crippen molar-refractivity contribution >= 4 is 0 Å². The summed E-state index contributed by atoms with van der Waals surface area (Å²) in [6.45, 7) is 19.1. The van der Waals surface area contributed by atoms with Gasteiger partial charge in [-0.2, -0.15) is 0 Å². The second-order valence-corrected chi connectivity index (χ2v) is 7.00. The molecule has 0 aromatic heterocycles. The maximum atomic E-state index is 2.49. The molecule has 15 heavy (non-hydrogen) atoms. The SMILES string of the molecule is CCC(C(C)C)C(C)(CC)CC(C)(C)C. The smallest absolute Gasteiger partial charge is 0.0293 e. The molecule has 0 aliphatic heterocycles. The van der Waals surface area contributed by atoms with Crippen LogP contribution in [-0.2, 0) is 0 Å². The third-order valence-electron chi connectivity index (χ3n) is 3.88. The van der Waals surface area contributed by atoms with Gasteiger partial charge in [0.2, 0.25) is 0 Å². The minimum absolute atomic E-state index is 0.451. The Labute approximate surface area is 97.8 Å². The molecule has 0 N–H and O–H groups in total. The maximum Gasteiger partial charge on any atom is -0.0293 e. The lowest BCUT2D eigenvalue weighted by atomic mass is 9.62. The van der Waals surface area contributed by atoms with Crippen LogP contribution < -0.4 is 0 Å². The van der Waals surface area contributed by atoms with Crippen LogP contribution in [0.3, 0.4) is 0 Å². The fraction of sp³-hybridized carbons (Fsp3) is 1.00. The first-order valence-electron chi connectivity index (χ1n) is 6.66. The predicted octanol–water partition coefficient (Wildman–Crippen LogP) is 5.52. The van der Waals surface area contributed by atoms with Crippen LogP contribution in [0.2, 0.25) is 0 Å². The quantitative estimate of drug-likeness (QED) is 0.563. The first-order valence-corrected chi connectivity index (χ1v) is 6.66. The highest BCUT2D eigenvalue weighted by atomic mass is 14.4. The van der Waals surface area contributed by atoms with Gasteiger partial charge in [-0.25, -0.2) is 0 Å². The summed E-state index contributed by atoms with van der Waals surface area (Å²) < 4.78 is 0. The van der Waals surface area contributed by atoms with Crippen molar-refractivity contribution in [3.05, 3.63) is 0 Å². The van der Waals surface area contributed by atoms with E-state index in [-0.39, 0.29) is 0 Å². The monoisotopic (exact) mass is 212 g/mol. The zero-order valence-electron chi connectivity index (χ0n) is 12.3. The normalized spacial score (nSPS) is 19.0. The van der Waals surface area contributed by atoms with Crippen LogP contribution in [-0.4, -0.2) is 0 Å². The van der Waals surface area contributed by atoms with Crippen molar-refractivity contribution in [2.24, 2.45) is 22.7 Å². The second-order valence-electron chi connectivity index (χ2n) is 7.00. The molecule has 0 heterocycles. The largest absolute Gasteiger partial charge is 0.0651 e. The Bertz CT molecular complexity index is 173. The Kier molecular flexibility index (Phi) is 5.37. The molecule has 0 aromatic carbocycles. The van der Waals surface area contributed by atoms with Crippen LogP contribution in [0.1, 0.15) is 74.7 Å². The molecular formula is C15H32. The molecule has 0 bridgehead atoms. The van der Waals surface area contributed by atoms with Crippen molar-refractivity contribution in [3.8, 4) is 0 Å². The van der Waals surface area contributed by atoms with E-state index < -0.39 is 0 Å². The Morgan fingerprint density at radius 1 is 0.933 bits per heavy atom. The van der Waals surface area contributed by atoms with Gasteiger partial charge in [-0.3, -0.25) is 0 Å². The van der Waals surface area contributed by atoms with Gasteiger partial charge < -0.3 is 0 Å². The van der Waals surface area contributed by atoms with Gasteiger partial charge >= 0.3 is 0 Å². The van der Waals surface area contributed by atoms with Gasteiger partial charge in [0.05, 0.1) is 0 Å². The van der Waals surface area contributed by atoms with E-state index in [2.05, 4.69) is 55.4 Å². The molecule has 0 saturated heterocycles. The lowest BCUT2D eigenvalue weighted by Gasteiger charge is -2.43. The summed E-state index contributed by atoms with van der Waals surface area (Å²) in [5.41, 5.74) is 0.967. The maximum absolute atomic E-state index is 2.49. The summed E-state index contributed by atoms with van der Waals surface area (Å²) in [6.07, 6.45) is 3.96. The van der Waals surface area contributed by atoms with E-state index in [1.54, 1.807) is 0 Å². The summed E-state index contributed by atoms with van der Waals surface area (Å²) >= 11 is 0. The van der Waals surface area contributed by atoms with E-state index in [9.17, 15) is 0 Å². The molecule has 0 spiro atoms. The molecule has 0 heteroatoms. The lowest BCUT2D eigenvalue weighted by Crippen LogP contribution is -2.34. The molecular weight excluding hydrogens is 180 g/mol. The van der Waals surface area contributed by atoms with Crippen LogP contribution in [0.25, 0.3) is 0 Å². The van der Waals surface area contributed by atoms with Crippen molar-refractivity contribution in [2.75, 3.05) is 0 Å². The van der Waals surface area contributed by atoms with E-state index in [0.717, 1.165) is 11.8 Å². The molecule has 0 amide bonds. The number of hydrogen-bond acceptors (Lipinski definition) is 0. The fourth-order valence-corrected chi connectivity index (χ4v) is 3.50. The van der Waals surface area contributed by atoms with Crippen molar-refractivity contribution in [1.82, 2.24) is 0 Å². The second kappa shape index (κ2) is 5.37. The Hall–Kier alpha value is 0. The zero-order chi connectivity index (χ0) is 12.3. The minimum Gasteiger partial charge on any atom is -0.0651 e. The summed E-state index contributed by atoms with van der Waals surface area (Å²) in [7, 11) is 0. The summed E-state index contributed by atoms with van der Waals surface area (Å²) in [6, 6.07) is 0. The van der Waals surface area contributed by atoms with E-state index in [0.29, 0.717) is 10.8 Å². The molecule has 92 valence electrons. The average Bonchev–Trinajstić information content (AvgIpc) is 2.01. The molecule has 0 aliphatic carbocycles. The van der Waals surface area contributed by atoms with Crippen LogP contribution in [0.5, 0.6) is 0 Å². The van der Waals surface area contributed by atoms with Crippen LogP contribution in [0, 0.1) is 22.7 Å². The van der Waals surface area contributed by atoms with E-state index in [4.69, 9.17) is 0 Å². The first-order chi connectivity index (χ1) is 6.66. The highest BCUT2D eigenvalue weighted by molar-refractivity contribution is 4.86. The number of rotatable bonds is 5. The van der Waals surface area contributed by atoms with E-state index in [1.807, 2.05) is 0 Å². The van der Waals surface area contributed by atoms with Crippen molar-refractivity contribution in [3.63, 3.8) is 0 Å². The third kappa shape index (κ3) is 4.57. The molecule has 0 rings (SSSR count). The van der Waals surface area contributed by atoms with E-state index >= 15 is 0 Å². The molecule has 2 atom stereocenters. The highest BCUT2D eigenvalue weighted by Crippen LogP contribution is 2.46. The van der Waals surface area contributed by atoms with Crippen molar-refractivity contribution < 1.29 is 0 Å². The molecule has 0 aromatic rings. The van der Waals surface area contributed by atoms with E-state index in [1.165, 1.54) is 19.3 Å². The summed E-state index contributed by atoms with van der Waals surface area (Å²) in [4.78, 5) is 0. The standard InChI is InChI=1S/C15H32/c1-9-13(12(3)4)15(8,10-2)11-14(5,6)7/h12-13H,9-11H2,1-8H3. The molecule has 0 saturated carbocycles. The molecule has 2 unspecified atom stereocenters. The van der Waals surface area contributed by atoms with Crippen molar-refractivity contribution in [1.29, 1.82) is 0 Å². The molecule has 0 aliphatic rings. The van der Waals surface area contributed by atoms with Crippen LogP contribution in [0.15, 0.2) is 0 Å². The Balaban J connectivity index is 4.81. The van der Waals surface area contributed by atoms with Gasteiger partial charge in [-0.05, 0) is 29.1 Å². The first kappa shape index (κ1) is 15.0. The summed E-state index contributed by atoms with van der Waals surface area (Å²) in [5.74, 6) is 1.67. The topological polar surface area (TPSA) is 0 Å². The summed E-state index contributed by atoms with van der Waals surface area (Å²) in [5, 5.41) is 0. The minimum atomic E-state index is 0.451. The van der Waals surface area contributed by atoms with Gasteiger partial charge in [0.15, 0.2) is 0 Å². The predicted molar refractivity (Wildman–Crippen MR) is 71.1 cm³/mol. The van der Waals surface area contributed by atoms with Crippen LogP contribution >= 0.6 is 0 Å². The molecule has 0 nitrogen and oxygen atoms in total. The van der Waals surface area contributed by atoms with Gasteiger partial charge in [0.1, 0.15) is 0 Å². The Morgan fingerprint density at radius 2 is 1.40 bits per heavy atom. The Morgan fingerprint density at radius 3 is 1.60 bits per heavy atom. The van der Waals surface area contributed by atoms with Crippen LogP contribution in [0.4, 0.5) is 0 Å². The van der Waals surface area contributed by atoms with Gasteiger partial charge in [0.25, 0.3) is 0 Å². The zero-order valence-corrected chi connectivity index (χ0v) is 12.3. The molecule has 0 radical (unpaired) electrons. The fourth-order valence-electron chi connectivity index (χ4n) is 3.50. The average molecular weight is 212 g/mol. The lowest BCUT2D eigenvalue weighted by molar-refractivity contribution is 0.0693. The van der Waals surface area contributed by atoms with Crippen molar-refractivity contribution in [2.45, 2.75) is 74.7 Å². The third-order valence-corrected chi connectivity index (χ3v) is 3.88. The molecule has 0 fully saturated rings.